The molecule has 0 amide bonds. The van der Waals surface area contributed by atoms with Crippen molar-refractivity contribution in [1.82, 2.24) is 9.38 Å². The van der Waals surface area contributed by atoms with Crippen molar-refractivity contribution in [3.63, 3.8) is 0 Å². The Bertz CT molecular complexity index is 462. The molecule has 4 nitrogen and oxygen atoms in total. The second-order valence-corrected chi connectivity index (χ2v) is 4.67. The van der Waals surface area contributed by atoms with Gasteiger partial charge < -0.3 is 4.74 Å². The number of aromatic nitrogens is 2. The van der Waals surface area contributed by atoms with Gasteiger partial charge in [-0.3, -0.25) is 4.40 Å². The normalized spacial score (nSPS) is 10.6. The van der Waals surface area contributed by atoms with Crippen LogP contribution in [0.3, 0.4) is 0 Å². The van der Waals surface area contributed by atoms with Gasteiger partial charge in [-0.05, 0) is 15.9 Å². The van der Waals surface area contributed by atoms with Crippen LogP contribution in [0.1, 0.15) is 10.5 Å². The number of thiazole rings is 1. The van der Waals surface area contributed by atoms with Gasteiger partial charge in [-0.1, -0.05) is 0 Å². The first-order chi connectivity index (χ1) is 6.24. The van der Waals surface area contributed by atoms with Crippen molar-refractivity contribution in [2.45, 2.75) is 0 Å². The Morgan fingerprint density at radius 2 is 2.54 bits per heavy atom. The molecule has 0 bridgehead atoms. The van der Waals surface area contributed by atoms with Crippen molar-refractivity contribution in [2.75, 3.05) is 7.11 Å². The van der Waals surface area contributed by atoms with E-state index >= 15 is 0 Å². The van der Waals surface area contributed by atoms with Gasteiger partial charge in [0.2, 0.25) is 0 Å². The SMILES string of the molecule is COC(=O)c1c(Br)sc2cncn12. The minimum absolute atomic E-state index is 0.365. The van der Waals surface area contributed by atoms with Gasteiger partial charge in [0.25, 0.3) is 0 Å². The minimum Gasteiger partial charge on any atom is -0.464 e. The number of halogens is 1. The summed E-state index contributed by atoms with van der Waals surface area (Å²) in [7, 11) is 1.36. The van der Waals surface area contributed by atoms with Crippen LogP contribution < -0.4 is 0 Å². The number of hydrogen-bond donors (Lipinski definition) is 0. The highest BCUT2D eigenvalue weighted by molar-refractivity contribution is 9.11. The van der Waals surface area contributed by atoms with Crippen molar-refractivity contribution in [3.8, 4) is 0 Å². The summed E-state index contributed by atoms with van der Waals surface area (Å²) in [6.07, 6.45) is 3.28. The first kappa shape index (κ1) is 8.71. The summed E-state index contributed by atoms with van der Waals surface area (Å²) in [4.78, 5) is 16.1. The standard InChI is InChI=1S/C7H5BrN2O2S/c1-12-7(11)5-6(8)13-4-2-9-3-10(4)5/h2-3H,1H3. The van der Waals surface area contributed by atoms with E-state index in [1.165, 1.54) is 18.4 Å². The Morgan fingerprint density at radius 1 is 1.77 bits per heavy atom. The molecule has 6 heteroatoms. The second kappa shape index (κ2) is 3.12. The Morgan fingerprint density at radius 3 is 3.23 bits per heavy atom. The lowest BCUT2D eigenvalue weighted by molar-refractivity contribution is 0.0592. The molecule has 2 rings (SSSR count). The third-order valence-corrected chi connectivity index (χ3v) is 3.35. The van der Waals surface area contributed by atoms with Crippen molar-refractivity contribution >= 4 is 38.1 Å². The first-order valence-corrected chi connectivity index (χ1v) is 5.03. The van der Waals surface area contributed by atoms with E-state index in [9.17, 15) is 4.79 Å². The highest BCUT2D eigenvalue weighted by atomic mass is 79.9. The Labute approximate surface area is 86.3 Å². The highest BCUT2D eigenvalue weighted by Crippen LogP contribution is 2.28. The molecule has 0 N–H and O–H groups in total. The summed E-state index contributed by atoms with van der Waals surface area (Å²) < 4.78 is 7.10. The number of hydrogen-bond acceptors (Lipinski definition) is 4. The summed E-state index contributed by atoms with van der Waals surface area (Å²) in [5.74, 6) is -0.365. The number of esters is 1. The lowest BCUT2D eigenvalue weighted by Crippen LogP contribution is -2.04. The fourth-order valence-corrected chi connectivity index (χ4v) is 2.70. The zero-order valence-electron chi connectivity index (χ0n) is 6.65. The lowest BCUT2D eigenvalue weighted by Gasteiger charge is -1.96. The molecule has 0 spiro atoms. The fourth-order valence-electron chi connectivity index (χ4n) is 1.04. The van der Waals surface area contributed by atoms with Crippen LogP contribution in [-0.4, -0.2) is 22.5 Å². The zero-order chi connectivity index (χ0) is 9.42. The fraction of sp³-hybridized carbons (Fsp3) is 0.143. The third-order valence-electron chi connectivity index (χ3n) is 1.60. The molecular weight excluding hydrogens is 256 g/mol. The van der Waals surface area contributed by atoms with Gasteiger partial charge in [0.05, 0.1) is 13.3 Å². The summed E-state index contributed by atoms with van der Waals surface area (Å²) in [5.41, 5.74) is 0.486. The third kappa shape index (κ3) is 1.26. The smallest absolute Gasteiger partial charge is 0.357 e. The number of ether oxygens (including phenoxy) is 1. The van der Waals surface area contributed by atoms with Gasteiger partial charge >= 0.3 is 5.97 Å². The first-order valence-electron chi connectivity index (χ1n) is 3.42. The molecule has 0 aliphatic carbocycles. The Balaban J connectivity index is 2.70. The van der Waals surface area contributed by atoms with E-state index in [-0.39, 0.29) is 5.97 Å². The molecular formula is C7H5BrN2O2S. The predicted molar refractivity (Wildman–Crippen MR) is 52.1 cm³/mol. The van der Waals surface area contributed by atoms with E-state index in [4.69, 9.17) is 0 Å². The van der Waals surface area contributed by atoms with Crippen molar-refractivity contribution in [3.05, 3.63) is 22.0 Å². The Kier molecular flexibility index (Phi) is 2.09. The van der Waals surface area contributed by atoms with Gasteiger partial charge in [0.1, 0.15) is 14.9 Å². The zero-order valence-corrected chi connectivity index (χ0v) is 9.05. The molecule has 0 unspecified atom stereocenters. The maximum Gasteiger partial charge on any atom is 0.357 e. The number of carbonyl (C=O) groups is 1. The van der Waals surface area contributed by atoms with Crippen molar-refractivity contribution in [2.24, 2.45) is 0 Å². The van der Waals surface area contributed by atoms with Crippen LogP contribution >= 0.6 is 27.3 Å². The number of carbonyl (C=O) groups excluding carboxylic acids is 1. The largest absolute Gasteiger partial charge is 0.464 e. The van der Waals surface area contributed by atoms with Crippen LogP contribution in [-0.2, 0) is 4.74 Å². The molecule has 2 aromatic heterocycles. The van der Waals surface area contributed by atoms with Crippen LogP contribution in [0.4, 0.5) is 0 Å². The van der Waals surface area contributed by atoms with Crippen LogP contribution in [0.5, 0.6) is 0 Å². The number of rotatable bonds is 1. The molecule has 13 heavy (non-hydrogen) atoms. The molecule has 0 fully saturated rings. The van der Waals surface area contributed by atoms with Crippen LogP contribution in [0.2, 0.25) is 0 Å². The minimum atomic E-state index is -0.365. The van der Waals surface area contributed by atoms with E-state index in [1.807, 2.05) is 0 Å². The van der Waals surface area contributed by atoms with E-state index < -0.39 is 0 Å². The predicted octanol–water partition coefficient (Wildman–Crippen LogP) is 1.94. The van der Waals surface area contributed by atoms with Gasteiger partial charge in [-0.2, -0.15) is 0 Å². The molecule has 0 saturated heterocycles. The van der Waals surface area contributed by atoms with E-state index in [0.29, 0.717) is 5.69 Å². The number of nitrogens with zero attached hydrogens (tertiary/aromatic N) is 2. The topological polar surface area (TPSA) is 43.6 Å². The number of imidazole rings is 1. The van der Waals surface area contributed by atoms with Gasteiger partial charge in [0, 0.05) is 0 Å². The maximum absolute atomic E-state index is 11.3. The van der Waals surface area contributed by atoms with Crippen LogP contribution in [0.15, 0.2) is 16.3 Å². The second-order valence-electron chi connectivity index (χ2n) is 2.32. The summed E-state index contributed by atoms with van der Waals surface area (Å²) >= 11 is 4.74. The van der Waals surface area contributed by atoms with Gasteiger partial charge in [0.15, 0.2) is 5.69 Å². The van der Waals surface area contributed by atoms with Crippen LogP contribution in [0, 0.1) is 0 Å². The van der Waals surface area contributed by atoms with Gasteiger partial charge in [-0.25, -0.2) is 9.78 Å². The molecule has 2 aromatic rings. The average Bonchev–Trinajstić information content (AvgIpc) is 2.62. The average molecular weight is 261 g/mol. The molecule has 2 heterocycles. The van der Waals surface area contributed by atoms with E-state index in [2.05, 4.69) is 25.7 Å². The highest BCUT2D eigenvalue weighted by Gasteiger charge is 2.17. The number of methoxy groups -OCH3 is 1. The Hall–Kier alpha value is -0.880. The number of fused-ring (bicyclic) bond motifs is 1. The lowest BCUT2D eigenvalue weighted by atomic mass is 10.5. The molecule has 0 saturated carbocycles. The van der Waals surface area contributed by atoms with Gasteiger partial charge in [-0.15, -0.1) is 11.3 Å². The summed E-state index contributed by atoms with van der Waals surface area (Å²) in [6.45, 7) is 0. The maximum atomic E-state index is 11.3. The van der Waals surface area contributed by atoms with Crippen molar-refractivity contribution < 1.29 is 9.53 Å². The van der Waals surface area contributed by atoms with Crippen molar-refractivity contribution in [1.29, 1.82) is 0 Å². The quantitative estimate of drug-likeness (QED) is 0.737. The molecule has 68 valence electrons. The van der Waals surface area contributed by atoms with E-state index in [1.54, 1.807) is 16.9 Å². The molecule has 0 aromatic carbocycles. The summed E-state index contributed by atoms with van der Waals surface area (Å²) in [5, 5.41) is 0. The van der Waals surface area contributed by atoms with E-state index in [0.717, 1.165) is 8.62 Å². The molecule has 0 atom stereocenters. The molecule has 0 radical (unpaired) electrons. The van der Waals surface area contributed by atoms with Crippen LogP contribution in [0.25, 0.3) is 4.83 Å². The molecule has 0 aliphatic heterocycles. The monoisotopic (exact) mass is 260 g/mol. The molecule has 0 aliphatic rings. The summed E-state index contributed by atoms with van der Waals surface area (Å²) in [6, 6.07) is 0.